The summed E-state index contributed by atoms with van der Waals surface area (Å²) in [7, 11) is 1.56. The fraction of sp³-hybridized carbons (Fsp3) is 0.333. The van der Waals surface area contributed by atoms with Crippen LogP contribution in [0.4, 0.5) is 5.82 Å². The third-order valence-electron chi connectivity index (χ3n) is 1.34. The lowest BCUT2D eigenvalue weighted by Crippen LogP contribution is -2.07. The molecule has 1 aromatic rings. The normalized spacial score (nSPS) is 8.54. The molecular formula is C9H14N2O2. The highest BCUT2D eigenvalue weighted by atomic mass is 16.4. The van der Waals surface area contributed by atoms with Crippen molar-refractivity contribution in [2.75, 3.05) is 0 Å². The molecule has 0 aromatic carbocycles. The Kier molecular flexibility index (Phi) is 4.51. The van der Waals surface area contributed by atoms with Gasteiger partial charge in [0, 0.05) is 7.05 Å². The topological polar surface area (TPSA) is 47.5 Å². The van der Waals surface area contributed by atoms with Crippen LogP contribution in [-0.2, 0) is 7.05 Å². The van der Waals surface area contributed by atoms with Gasteiger partial charge in [-0.2, -0.15) is 0 Å². The average molecular weight is 182 g/mol. The summed E-state index contributed by atoms with van der Waals surface area (Å²) in [4.78, 5) is 14.4. The van der Waals surface area contributed by atoms with Crippen molar-refractivity contribution in [3.8, 4) is 0 Å². The van der Waals surface area contributed by atoms with E-state index in [1.165, 1.54) is 10.6 Å². The van der Waals surface area contributed by atoms with Gasteiger partial charge in [-0.1, -0.05) is 20.4 Å². The van der Waals surface area contributed by atoms with E-state index in [2.05, 4.69) is 18.3 Å². The van der Waals surface area contributed by atoms with Gasteiger partial charge in [0.2, 0.25) is 0 Å². The summed E-state index contributed by atoms with van der Waals surface area (Å²) in [5.74, 6) is 0.305. The Morgan fingerprint density at radius 3 is 2.38 bits per heavy atom. The summed E-state index contributed by atoms with van der Waals surface area (Å²) >= 11 is 0. The first kappa shape index (κ1) is 11.4. The maximum atomic E-state index is 10.8. The van der Waals surface area contributed by atoms with Crippen LogP contribution in [0.2, 0.25) is 0 Å². The van der Waals surface area contributed by atoms with E-state index < -0.39 is 5.76 Å². The molecule has 1 heterocycles. The van der Waals surface area contributed by atoms with Crippen molar-refractivity contribution in [3.63, 3.8) is 0 Å². The van der Waals surface area contributed by atoms with Crippen LogP contribution in [-0.4, -0.2) is 11.3 Å². The third kappa shape index (κ3) is 2.18. The van der Waals surface area contributed by atoms with E-state index in [1.807, 2.05) is 13.8 Å². The third-order valence-corrected chi connectivity index (χ3v) is 1.34. The van der Waals surface area contributed by atoms with Gasteiger partial charge < -0.3 is 4.42 Å². The number of aliphatic imine (C=N–C) groups is 1. The monoisotopic (exact) mass is 182 g/mol. The maximum Gasteiger partial charge on any atom is 0.420 e. The van der Waals surface area contributed by atoms with Gasteiger partial charge in [0.15, 0.2) is 11.6 Å². The minimum Gasteiger partial charge on any atom is -0.406 e. The second-order valence-corrected chi connectivity index (χ2v) is 1.98. The van der Waals surface area contributed by atoms with Crippen molar-refractivity contribution in [1.82, 2.24) is 4.57 Å². The van der Waals surface area contributed by atoms with Crippen LogP contribution in [0.15, 0.2) is 20.8 Å². The summed E-state index contributed by atoms with van der Waals surface area (Å²) in [6.07, 6.45) is 1.42. The number of aromatic nitrogens is 1. The van der Waals surface area contributed by atoms with Gasteiger partial charge in [0.05, 0.1) is 0 Å². The lowest BCUT2D eigenvalue weighted by Gasteiger charge is -1.89. The number of hydrogen-bond donors (Lipinski definition) is 0. The minimum absolute atomic E-state index is 0.354. The number of rotatable bonds is 2. The Bertz CT molecular complexity index is 347. The molecule has 0 amide bonds. The van der Waals surface area contributed by atoms with Crippen LogP contribution in [0.1, 0.15) is 19.6 Å². The summed E-state index contributed by atoms with van der Waals surface area (Å²) < 4.78 is 6.01. The number of hydrogen-bond acceptors (Lipinski definition) is 3. The van der Waals surface area contributed by atoms with Gasteiger partial charge in [-0.25, -0.2) is 9.79 Å². The molecule has 0 fully saturated rings. The summed E-state index contributed by atoms with van der Waals surface area (Å²) in [5, 5.41) is 0. The van der Waals surface area contributed by atoms with Crippen LogP contribution in [0.3, 0.4) is 0 Å². The highest BCUT2D eigenvalue weighted by molar-refractivity contribution is 5.56. The van der Waals surface area contributed by atoms with E-state index in [1.54, 1.807) is 7.05 Å². The quantitative estimate of drug-likeness (QED) is 0.656. The zero-order chi connectivity index (χ0) is 10.4. The average Bonchev–Trinajstić information content (AvgIpc) is 2.46. The molecule has 1 rings (SSSR count). The number of nitrogens with zero attached hydrogens (tertiary/aromatic N) is 2. The highest BCUT2D eigenvalue weighted by Gasteiger charge is 2.08. The second-order valence-electron chi connectivity index (χ2n) is 1.98. The predicted molar refractivity (Wildman–Crippen MR) is 54.6 cm³/mol. The standard InChI is InChI=1S/C7H8N2O2.C2H6/c1-4-5-6(8-2)9(3)7(10)11-5;1-2/h4H,1-2H2,3H3;1-2H3. The molecule has 0 saturated heterocycles. The molecule has 4 nitrogen and oxygen atoms in total. The molecule has 0 aliphatic heterocycles. The van der Waals surface area contributed by atoms with Crippen LogP contribution < -0.4 is 5.76 Å². The predicted octanol–water partition coefficient (Wildman–Crippen LogP) is 1.98. The highest BCUT2D eigenvalue weighted by Crippen LogP contribution is 2.16. The lowest BCUT2D eigenvalue weighted by atomic mass is 10.4. The van der Waals surface area contributed by atoms with Crippen LogP contribution in [0.25, 0.3) is 6.08 Å². The van der Waals surface area contributed by atoms with E-state index in [4.69, 9.17) is 4.42 Å². The van der Waals surface area contributed by atoms with E-state index in [0.29, 0.717) is 11.6 Å². The van der Waals surface area contributed by atoms with E-state index in [9.17, 15) is 4.79 Å². The van der Waals surface area contributed by atoms with Crippen molar-refractivity contribution >= 4 is 18.6 Å². The molecule has 0 spiro atoms. The largest absolute Gasteiger partial charge is 0.420 e. The molecule has 1 aromatic heterocycles. The zero-order valence-electron chi connectivity index (χ0n) is 8.20. The Morgan fingerprint density at radius 1 is 1.54 bits per heavy atom. The Hall–Kier alpha value is -1.58. The molecule has 72 valence electrons. The molecule has 4 heteroatoms. The summed E-state index contributed by atoms with van der Waals surface area (Å²) in [6.45, 7) is 10.8. The molecule has 0 aliphatic carbocycles. The lowest BCUT2D eigenvalue weighted by molar-refractivity contribution is 0.488. The maximum absolute atomic E-state index is 10.8. The van der Waals surface area contributed by atoms with Gasteiger partial charge in [0.25, 0.3) is 0 Å². The van der Waals surface area contributed by atoms with Crippen LogP contribution in [0, 0.1) is 0 Å². The first-order valence-corrected chi connectivity index (χ1v) is 3.99. The first-order valence-electron chi connectivity index (χ1n) is 3.99. The van der Waals surface area contributed by atoms with Crippen molar-refractivity contribution < 1.29 is 4.42 Å². The molecule has 0 radical (unpaired) electrons. The van der Waals surface area contributed by atoms with E-state index in [0.717, 1.165) is 0 Å². The molecule has 13 heavy (non-hydrogen) atoms. The zero-order valence-corrected chi connectivity index (χ0v) is 8.20. The SMILES string of the molecule is C=Cc1oc(=O)n(C)c1N=C.CC. The van der Waals surface area contributed by atoms with Gasteiger partial charge in [-0.3, -0.25) is 4.57 Å². The van der Waals surface area contributed by atoms with Crippen molar-refractivity contribution in [1.29, 1.82) is 0 Å². The van der Waals surface area contributed by atoms with E-state index >= 15 is 0 Å². The van der Waals surface area contributed by atoms with Gasteiger partial charge in [0.1, 0.15) is 0 Å². The van der Waals surface area contributed by atoms with Crippen LogP contribution in [0.5, 0.6) is 0 Å². The van der Waals surface area contributed by atoms with Gasteiger partial charge in [-0.15, -0.1) is 0 Å². The molecule has 0 unspecified atom stereocenters. The molecule has 0 atom stereocenters. The van der Waals surface area contributed by atoms with E-state index in [-0.39, 0.29) is 0 Å². The molecule has 0 N–H and O–H groups in total. The van der Waals surface area contributed by atoms with Crippen molar-refractivity contribution in [3.05, 3.63) is 22.9 Å². The first-order chi connectivity index (χ1) is 6.20. The smallest absolute Gasteiger partial charge is 0.406 e. The number of oxazole rings is 1. The molecule has 0 aliphatic rings. The second kappa shape index (κ2) is 5.13. The molecule has 0 bridgehead atoms. The van der Waals surface area contributed by atoms with Gasteiger partial charge in [-0.05, 0) is 12.8 Å². The van der Waals surface area contributed by atoms with Crippen molar-refractivity contribution in [2.45, 2.75) is 13.8 Å². The summed E-state index contributed by atoms with van der Waals surface area (Å²) in [6, 6.07) is 0. The van der Waals surface area contributed by atoms with Crippen molar-refractivity contribution in [2.24, 2.45) is 12.0 Å². The fourth-order valence-corrected chi connectivity index (χ4v) is 0.777. The fourth-order valence-electron chi connectivity index (χ4n) is 0.777. The van der Waals surface area contributed by atoms with Crippen LogP contribution >= 0.6 is 0 Å². The molecular weight excluding hydrogens is 168 g/mol. The Morgan fingerprint density at radius 2 is 2.08 bits per heavy atom. The van der Waals surface area contributed by atoms with Gasteiger partial charge >= 0.3 is 5.76 Å². The minimum atomic E-state index is -0.456. The Balaban J connectivity index is 0.000000671. The summed E-state index contributed by atoms with van der Waals surface area (Å²) in [5.41, 5.74) is 0. The Labute approximate surface area is 77.2 Å². The molecule has 0 saturated carbocycles.